The Balaban J connectivity index is 0.000000349. The quantitative estimate of drug-likeness (QED) is 0.570. The molecule has 7 heteroatoms. The first kappa shape index (κ1) is 18.1. The van der Waals surface area contributed by atoms with Crippen LogP contribution >= 0.6 is 0 Å². The van der Waals surface area contributed by atoms with Gasteiger partial charge in [0.05, 0.1) is 18.3 Å². The molecular formula is C19H25N5O2. The Morgan fingerprint density at radius 1 is 1.35 bits per heavy atom. The molecule has 0 spiro atoms. The fraction of sp³-hybridized carbons (Fsp3) is 0.474. The molecular weight excluding hydrogens is 330 g/mol. The molecule has 1 N–H and O–H groups in total. The molecule has 138 valence electrons. The molecule has 0 saturated heterocycles. The zero-order valence-electron chi connectivity index (χ0n) is 15.5. The third-order valence-electron chi connectivity index (χ3n) is 5.04. The van der Waals surface area contributed by atoms with Gasteiger partial charge >= 0.3 is 0 Å². The Labute approximate surface area is 152 Å². The highest BCUT2D eigenvalue weighted by atomic mass is 16.5. The maximum Gasteiger partial charge on any atom is 0.293 e. The van der Waals surface area contributed by atoms with E-state index in [0.717, 1.165) is 29.1 Å². The SMILES string of the molecule is C/C=C1\CC(CC)C(c2nnc3cnc4[nH]ccc4n23)C1.CCOC=O. The summed E-state index contributed by atoms with van der Waals surface area (Å²) in [5, 5.41) is 8.84. The highest BCUT2D eigenvalue weighted by molar-refractivity contribution is 5.74. The molecule has 0 amide bonds. The van der Waals surface area contributed by atoms with Gasteiger partial charge in [-0.2, -0.15) is 0 Å². The predicted octanol–water partition coefficient (Wildman–Crippen LogP) is 3.63. The average Bonchev–Trinajstić information content (AvgIpc) is 3.38. The lowest BCUT2D eigenvalue weighted by Crippen LogP contribution is -2.09. The number of carbonyl (C=O) groups excluding carboxylic acids is 1. The molecule has 0 aromatic carbocycles. The van der Waals surface area contributed by atoms with Crippen molar-refractivity contribution in [1.82, 2.24) is 24.6 Å². The molecule has 1 aliphatic rings. The average molecular weight is 355 g/mol. The third kappa shape index (κ3) is 3.34. The van der Waals surface area contributed by atoms with E-state index in [1.165, 1.54) is 12.8 Å². The topological polar surface area (TPSA) is 85.2 Å². The van der Waals surface area contributed by atoms with E-state index in [-0.39, 0.29) is 0 Å². The lowest BCUT2D eigenvalue weighted by molar-refractivity contribution is -0.128. The van der Waals surface area contributed by atoms with E-state index >= 15 is 0 Å². The summed E-state index contributed by atoms with van der Waals surface area (Å²) in [7, 11) is 0. The Kier molecular flexibility index (Phi) is 5.65. The minimum atomic E-state index is 0.431. The van der Waals surface area contributed by atoms with Gasteiger partial charge in [0.2, 0.25) is 0 Å². The molecule has 2 atom stereocenters. The molecule has 1 fully saturated rings. The number of fused-ring (bicyclic) bond motifs is 3. The first-order valence-corrected chi connectivity index (χ1v) is 9.09. The van der Waals surface area contributed by atoms with Gasteiger partial charge in [0.1, 0.15) is 5.82 Å². The van der Waals surface area contributed by atoms with Crippen molar-refractivity contribution in [2.24, 2.45) is 5.92 Å². The minimum absolute atomic E-state index is 0.431. The molecule has 0 aliphatic heterocycles. The predicted molar refractivity (Wildman–Crippen MR) is 99.8 cm³/mol. The minimum Gasteiger partial charge on any atom is -0.468 e. The zero-order chi connectivity index (χ0) is 18.5. The van der Waals surface area contributed by atoms with Crippen LogP contribution in [-0.4, -0.2) is 37.6 Å². The van der Waals surface area contributed by atoms with E-state index in [2.05, 4.69) is 55.3 Å². The highest BCUT2D eigenvalue weighted by Crippen LogP contribution is 2.44. The van der Waals surface area contributed by atoms with Gasteiger partial charge in [0.25, 0.3) is 6.47 Å². The van der Waals surface area contributed by atoms with Crippen LogP contribution in [0, 0.1) is 5.92 Å². The van der Waals surface area contributed by atoms with Crippen molar-refractivity contribution >= 4 is 23.3 Å². The number of hydrogen-bond donors (Lipinski definition) is 1. The highest BCUT2D eigenvalue weighted by Gasteiger charge is 2.33. The van der Waals surface area contributed by atoms with Crippen LogP contribution in [0.3, 0.4) is 0 Å². The number of rotatable bonds is 4. The lowest BCUT2D eigenvalue weighted by Gasteiger charge is -2.15. The van der Waals surface area contributed by atoms with Crippen LogP contribution in [0.4, 0.5) is 0 Å². The van der Waals surface area contributed by atoms with Crippen LogP contribution < -0.4 is 0 Å². The summed E-state index contributed by atoms with van der Waals surface area (Å²) in [5.41, 5.74) is 4.33. The largest absolute Gasteiger partial charge is 0.468 e. The van der Waals surface area contributed by atoms with Crippen molar-refractivity contribution in [2.75, 3.05) is 6.61 Å². The standard InChI is InChI=1S/C16H19N5.C3H6O2/c1-3-10-7-11(4-2)12(8-10)16-20-19-14-9-18-15-13(21(14)16)5-6-17-15;1-2-5-3-4/h3,5-6,9,11-12,17H,4,7-8H2,1-2H3;3H,2H2,1H3/b10-3+;. The lowest BCUT2D eigenvalue weighted by atomic mass is 9.93. The Bertz CT molecular complexity index is 911. The van der Waals surface area contributed by atoms with Crippen molar-refractivity contribution in [3.05, 3.63) is 35.9 Å². The van der Waals surface area contributed by atoms with Gasteiger partial charge < -0.3 is 9.72 Å². The van der Waals surface area contributed by atoms with Gasteiger partial charge in [-0.1, -0.05) is 25.0 Å². The Morgan fingerprint density at radius 2 is 2.19 bits per heavy atom. The number of H-pyrrole nitrogens is 1. The first-order chi connectivity index (χ1) is 12.7. The summed E-state index contributed by atoms with van der Waals surface area (Å²) < 4.78 is 6.32. The fourth-order valence-electron chi connectivity index (χ4n) is 3.68. The Hall–Kier alpha value is -2.70. The molecule has 2 unspecified atom stereocenters. The number of ether oxygens (including phenoxy) is 1. The van der Waals surface area contributed by atoms with E-state index in [4.69, 9.17) is 0 Å². The van der Waals surface area contributed by atoms with E-state index in [9.17, 15) is 4.79 Å². The smallest absolute Gasteiger partial charge is 0.293 e. The zero-order valence-corrected chi connectivity index (χ0v) is 15.5. The molecule has 0 bridgehead atoms. The molecule has 3 heterocycles. The maximum atomic E-state index is 9.18. The van der Waals surface area contributed by atoms with Crippen LogP contribution in [0.1, 0.15) is 51.8 Å². The number of aromatic nitrogens is 5. The number of allylic oxidation sites excluding steroid dienone is 2. The molecule has 1 aliphatic carbocycles. The fourth-order valence-corrected chi connectivity index (χ4v) is 3.68. The molecule has 3 aromatic rings. The molecule has 3 aromatic heterocycles. The number of carbonyl (C=O) groups is 1. The summed E-state index contributed by atoms with van der Waals surface area (Å²) in [4.78, 5) is 16.7. The van der Waals surface area contributed by atoms with Crippen LogP contribution in [-0.2, 0) is 9.53 Å². The summed E-state index contributed by atoms with van der Waals surface area (Å²) in [6, 6.07) is 2.05. The van der Waals surface area contributed by atoms with Crippen LogP contribution in [0.5, 0.6) is 0 Å². The second-order valence-electron chi connectivity index (χ2n) is 6.40. The third-order valence-corrected chi connectivity index (χ3v) is 5.04. The van der Waals surface area contributed by atoms with Gasteiger partial charge in [-0.25, -0.2) is 4.98 Å². The monoisotopic (exact) mass is 355 g/mol. The maximum absolute atomic E-state index is 9.18. The molecule has 4 rings (SSSR count). The van der Waals surface area contributed by atoms with Crippen molar-refractivity contribution in [1.29, 1.82) is 0 Å². The van der Waals surface area contributed by atoms with Crippen LogP contribution in [0.15, 0.2) is 30.1 Å². The number of hydrogen-bond acceptors (Lipinski definition) is 5. The first-order valence-electron chi connectivity index (χ1n) is 9.09. The van der Waals surface area contributed by atoms with E-state index < -0.39 is 0 Å². The summed E-state index contributed by atoms with van der Waals surface area (Å²) in [5.74, 6) is 2.20. The van der Waals surface area contributed by atoms with Crippen molar-refractivity contribution < 1.29 is 9.53 Å². The molecule has 26 heavy (non-hydrogen) atoms. The van der Waals surface area contributed by atoms with Gasteiger partial charge in [0, 0.05) is 12.1 Å². The summed E-state index contributed by atoms with van der Waals surface area (Å²) in [6.07, 6.45) is 9.45. The van der Waals surface area contributed by atoms with Crippen molar-refractivity contribution in [3.63, 3.8) is 0 Å². The van der Waals surface area contributed by atoms with E-state index in [1.54, 1.807) is 18.7 Å². The number of aromatic amines is 1. The van der Waals surface area contributed by atoms with Gasteiger partial charge in [-0.15, -0.1) is 10.2 Å². The van der Waals surface area contributed by atoms with Crippen LogP contribution in [0.2, 0.25) is 0 Å². The van der Waals surface area contributed by atoms with E-state index in [1.807, 2.05) is 6.20 Å². The summed E-state index contributed by atoms with van der Waals surface area (Å²) >= 11 is 0. The van der Waals surface area contributed by atoms with Gasteiger partial charge in [0.15, 0.2) is 11.3 Å². The molecule has 0 radical (unpaired) electrons. The second kappa shape index (κ2) is 8.12. The van der Waals surface area contributed by atoms with Gasteiger partial charge in [-0.05, 0) is 38.7 Å². The molecule has 7 nitrogen and oxygen atoms in total. The van der Waals surface area contributed by atoms with Gasteiger partial charge in [-0.3, -0.25) is 9.20 Å². The van der Waals surface area contributed by atoms with Crippen molar-refractivity contribution in [2.45, 2.75) is 46.0 Å². The number of nitrogens with one attached hydrogen (secondary N) is 1. The Morgan fingerprint density at radius 3 is 2.85 bits per heavy atom. The molecule has 1 saturated carbocycles. The van der Waals surface area contributed by atoms with E-state index in [0.29, 0.717) is 24.9 Å². The normalized spacial score (nSPS) is 21.1. The summed E-state index contributed by atoms with van der Waals surface area (Å²) in [6.45, 7) is 7.07. The van der Waals surface area contributed by atoms with Crippen LogP contribution in [0.25, 0.3) is 16.8 Å². The second-order valence-corrected chi connectivity index (χ2v) is 6.40. The number of nitrogens with zero attached hydrogens (tertiary/aromatic N) is 4. The van der Waals surface area contributed by atoms with Crippen molar-refractivity contribution in [3.8, 4) is 0 Å².